The van der Waals surface area contributed by atoms with Gasteiger partial charge >= 0.3 is 30.2 Å². The fourth-order valence-corrected chi connectivity index (χ4v) is 7.65. The number of benzene rings is 4. The Morgan fingerprint density at radius 2 is 1.47 bits per heavy atom. The van der Waals surface area contributed by atoms with Crippen LogP contribution in [0.3, 0.4) is 0 Å². The number of hydrogen-bond donors (Lipinski definition) is 0. The molecule has 25 heteroatoms. The highest BCUT2D eigenvalue weighted by Crippen LogP contribution is 2.39. The molecule has 2 atom stereocenters. The van der Waals surface area contributed by atoms with Crippen molar-refractivity contribution in [3.8, 4) is 22.8 Å². The minimum Gasteiger partial charge on any atom is -0.479 e. The fraction of sp³-hybridized carbons (Fsp3) is 0.333. The van der Waals surface area contributed by atoms with Crippen LogP contribution in [0.15, 0.2) is 94.4 Å². The minimum absolute atomic E-state index is 0.0591. The van der Waals surface area contributed by atoms with E-state index in [-0.39, 0.29) is 54.0 Å². The molecule has 1 aliphatic heterocycles. The van der Waals surface area contributed by atoms with E-state index in [4.69, 9.17) is 67.6 Å². The maximum atomic E-state index is 13.0. The Balaban J connectivity index is 0.000000203. The van der Waals surface area contributed by atoms with Crippen molar-refractivity contribution in [2.45, 2.75) is 78.7 Å². The van der Waals surface area contributed by atoms with Crippen LogP contribution >= 0.6 is 46.1 Å². The van der Waals surface area contributed by atoms with Crippen molar-refractivity contribution in [2.75, 3.05) is 36.3 Å². The van der Waals surface area contributed by atoms with E-state index >= 15 is 0 Å². The molecular formula is C48H47Cl3F4N6O11S. The number of esters is 3. The van der Waals surface area contributed by atoms with E-state index in [2.05, 4.69) is 20.3 Å². The average Bonchev–Trinajstić information content (AvgIpc) is 4.08. The van der Waals surface area contributed by atoms with Crippen molar-refractivity contribution in [2.24, 2.45) is 5.10 Å². The number of fused-ring (bicyclic) bond motifs is 1. The number of amides is 1. The first-order valence-corrected chi connectivity index (χ1v) is 24.0. The summed E-state index contributed by atoms with van der Waals surface area (Å²) in [6, 6.07) is 21.7. The summed E-state index contributed by atoms with van der Waals surface area (Å²) in [5.74, 6) is -1.38. The number of alkyl halides is 3. The van der Waals surface area contributed by atoms with Crippen molar-refractivity contribution in [1.29, 1.82) is 0 Å². The smallest absolute Gasteiger partial charge is 0.445 e. The molecule has 0 saturated carbocycles. The number of rotatable bonds is 16. The second kappa shape index (κ2) is 25.8. The summed E-state index contributed by atoms with van der Waals surface area (Å²) >= 11 is 18.3. The first kappa shape index (κ1) is 57.2. The number of nitrogens with zero attached hydrogens (tertiary/aromatic N) is 6. The molecular weight excluding hydrogens is 1050 g/mol. The number of carbonyl (C=O) groups excluding carboxylic acids is 4. The molecule has 0 bridgehead atoms. The van der Waals surface area contributed by atoms with Gasteiger partial charge in [-0.25, -0.2) is 23.8 Å². The number of carbonyl (C=O) groups is 4. The molecule has 3 heterocycles. The predicted octanol–water partition coefficient (Wildman–Crippen LogP) is 11.6. The van der Waals surface area contributed by atoms with E-state index in [1.807, 2.05) is 0 Å². The summed E-state index contributed by atoms with van der Waals surface area (Å²) in [5, 5.41) is 11.7. The molecule has 7 rings (SSSR count). The van der Waals surface area contributed by atoms with Gasteiger partial charge in [0.05, 0.1) is 30.5 Å². The molecule has 1 amide bonds. The number of ether oxygens (including phenoxy) is 6. The number of hydrazone groups is 1. The van der Waals surface area contributed by atoms with Crippen LogP contribution < -0.4 is 24.1 Å². The topological polar surface area (TPSA) is 194 Å². The maximum absolute atomic E-state index is 13.0. The highest BCUT2D eigenvalue weighted by molar-refractivity contribution is 7.13. The summed E-state index contributed by atoms with van der Waals surface area (Å²) in [6.45, 7) is 12.2. The van der Waals surface area contributed by atoms with Crippen LogP contribution in [0.5, 0.6) is 22.8 Å². The van der Waals surface area contributed by atoms with Crippen LogP contribution in [0.25, 0.3) is 11.1 Å². The molecule has 1 unspecified atom stereocenters. The molecule has 0 saturated heterocycles. The lowest BCUT2D eigenvalue weighted by Crippen LogP contribution is -2.48. The molecule has 0 fully saturated rings. The Labute approximate surface area is 434 Å². The lowest BCUT2D eigenvalue weighted by Gasteiger charge is -2.32. The molecule has 390 valence electrons. The third-order valence-corrected chi connectivity index (χ3v) is 11.4. The zero-order chi connectivity index (χ0) is 53.6. The first-order chi connectivity index (χ1) is 34.6. The lowest BCUT2D eigenvalue weighted by atomic mass is 9.95. The van der Waals surface area contributed by atoms with Crippen molar-refractivity contribution in [3.05, 3.63) is 111 Å². The summed E-state index contributed by atoms with van der Waals surface area (Å²) in [6.07, 6.45) is -5.12. The van der Waals surface area contributed by atoms with Gasteiger partial charge in [0.15, 0.2) is 23.8 Å². The van der Waals surface area contributed by atoms with Gasteiger partial charge in [-0.2, -0.15) is 23.3 Å². The SMILES string of the molecule is CC(C)N(C(=O)COc1nnc(C(F)(F)F)s1)c1ccc(F)cc1.CCOC(=O)C1=NN(c2ccc(Cl)cc2Cl)C(C)(C(=O)OCC)C1.CCOC(=O)[C@@H](C)Oc1ccc(Oc2nc3ccc(Cl)cc3o2)cc1. The predicted molar refractivity (Wildman–Crippen MR) is 264 cm³/mol. The van der Waals surface area contributed by atoms with Gasteiger partial charge in [0, 0.05) is 34.3 Å². The Hall–Kier alpha value is -6.75. The minimum atomic E-state index is -4.61. The van der Waals surface area contributed by atoms with Crippen LogP contribution in [0, 0.1) is 5.82 Å². The van der Waals surface area contributed by atoms with E-state index in [9.17, 15) is 36.7 Å². The highest BCUT2D eigenvalue weighted by Gasteiger charge is 2.49. The van der Waals surface area contributed by atoms with Crippen LogP contribution in [-0.2, 0) is 39.6 Å². The Bertz CT molecular complexity index is 2890. The van der Waals surface area contributed by atoms with E-state index in [1.165, 1.54) is 34.2 Å². The quantitative estimate of drug-likeness (QED) is 0.0504. The second-order valence-electron chi connectivity index (χ2n) is 15.5. The van der Waals surface area contributed by atoms with Gasteiger partial charge in [-0.15, -0.1) is 5.10 Å². The summed E-state index contributed by atoms with van der Waals surface area (Å²) in [7, 11) is 0. The Morgan fingerprint density at radius 3 is 2.07 bits per heavy atom. The van der Waals surface area contributed by atoms with Crippen molar-refractivity contribution in [1.82, 2.24) is 15.2 Å². The van der Waals surface area contributed by atoms with Gasteiger partial charge in [0.25, 0.3) is 11.1 Å². The molecule has 0 aliphatic carbocycles. The van der Waals surface area contributed by atoms with Gasteiger partial charge in [0.1, 0.15) is 28.5 Å². The number of anilines is 2. The first-order valence-electron chi connectivity index (χ1n) is 22.0. The molecule has 17 nitrogen and oxygen atoms in total. The molecule has 0 N–H and O–H groups in total. The fourth-order valence-electron chi connectivity index (χ4n) is 6.44. The molecule has 1 aliphatic rings. The third kappa shape index (κ3) is 15.6. The number of halogens is 7. The monoisotopic (exact) mass is 1100 g/mol. The van der Waals surface area contributed by atoms with Crippen molar-refractivity contribution < 1.29 is 69.6 Å². The second-order valence-corrected chi connectivity index (χ2v) is 17.7. The van der Waals surface area contributed by atoms with Gasteiger partial charge < -0.3 is 37.7 Å². The number of oxazole rings is 1. The zero-order valence-electron chi connectivity index (χ0n) is 40.0. The standard InChI is InChI=1S/C18H16ClNO5.C16H18Cl2N2O4.C14H13F4N3O2S/c1-3-22-17(21)11(2)23-13-5-7-14(8-6-13)24-18-20-15-9-4-12(19)10-16(15)25-18;1-4-23-14(21)12-9-16(3,15(22)24-5-2)20(19-12)13-7-6-10(17)8-11(13)18;1-8(2)21(10-5-3-9(15)4-6-10)11(22)7-23-13-20-19-12(24-13)14(16,17)18/h4-11H,3H2,1-2H3;6-8H,4-5,9H2,1-3H3;3-6,8H,7H2,1-2H3/t11-;;/m1../s1. The van der Waals surface area contributed by atoms with Crippen LogP contribution in [-0.4, -0.2) is 88.8 Å². The largest absolute Gasteiger partial charge is 0.479 e. The third-order valence-electron chi connectivity index (χ3n) is 9.71. The molecule has 0 radical (unpaired) electrons. The number of aromatic nitrogens is 3. The molecule has 2 aromatic heterocycles. The lowest BCUT2D eigenvalue weighted by molar-refractivity contribution is -0.150. The van der Waals surface area contributed by atoms with Gasteiger partial charge in [0.2, 0.25) is 5.01 Å². The summed E-state index contributed by atoms with van der Waals surface area (Å²) < 4.78 is 86.9. The van der Waals surface area contributed by atoms with Crippen LogP contribution in [0.1, 0.15) is 59.9 Å². The maximum Gasteiger partial charge on any atom is 0.445 e. The van der Waals surface area contributed by atoms with E-state index in [1.54, 1.807) is 109 Å². The normalized spacial score (nSPS) is 14.5. The highest BCUT2D eigenvalue weighted by atomic mass is 35.5. The van der Waals surface area contributed by atoms with Gasteiger partial charge in [-0.3, -0.25) is 4.79 Å². The number of hydrogen-bond acceptors (Lipinski definition) is 17. The molecule has 73 heavy (non-hydrogen) atoms. The van der Waals surface area contributed by atoms with E-state index < -0.39 is 59.1 Å². The van der Waals surface area contributed by atoms with Gasteiger partial charge in [-0.1, -0.05) is 51.2 Å². The van der Waals surface area contributed by atoms with E-state index in [0.717, 1.165) is 0 Å². The molecule has 0 spiro atoms. The van der Waals surface area contributed by atoms with Crippen molar-refractivity contribution in [3.63, 3.8) is 0 Å². The van der Waals surface area contributed by atoms with E-state index in [0.29, 0.717) is 55.6 Å². The summed E-state index contributed by atoms with van der Waals surface area (Å²) in [4.78, 5) is 54.0. The van der Waals surface area contributed by atoms with Crippen LogP contribution in [0.4, 0.5) is 28.9 Å². The zero-order valence-corrected chi connectivity index (χ0v) is 43.1. The van der Waals surface area contributed by atoms with Crippen LogP contribution in [0.2, 0.25) is 15.1 Å². The molecule has 4 aromatic carbocycles. The molecule has 6 aromatic rings. The van der Waals surface area contributed by atoms with Crippen molar-refractivity contribution >= 4 is 98.1 Å². The van der Waals surface area contributed by atoms with Gasteiger partial charge in [-0.05, 0) is 127 Å². The average molecular weight is 1100 g/mol. The Morgan fingerprint density at radius 1 is 0.836 bits per heavy atom. The Kier molecular flexibility index (Phi) is 20.2. The summed E-state index contributed by atoms with van der Waals surface area (Å²) in [5.41, 5.74) is 1.05.